The minimum atomic E-state index is 0.539. The number of aromatic nitrogens is 1. The Kier molecular flexibility index (Phi) is 3.43. The van der Waals surface area contributed by atoms with E-state index in [1.807, 2.05) is 19.1 Å². The lowest BCUT2D eigenvalue weighted by Gasteiger charge is -2.09. The van der Waals surface area contributed by atoms with Crippen LogP contribution in [-0.2, 0) is 6.54 Å². The highest BCUT2D eigenvalue weighted by atomic mass is 35.5. The Hall–Kier alpha value is -1.54. The summed E-state index contributed by atoms with van der Waals surface area (Å²) in [6.07, 6.45) is 2.71. The van der Waals surface area contributed by atoms with Gasteiger partial charge < -0.3 is 5.32 Å². The SMILES string of the molecule is Cc1nc(Cl)ccc1NCc1ccc(C2CC2)cc1. The van der Waals surface area contributed by atoms with Gasteiger partial charge in [0.25, 0.3) is 0 Å². The summed E-state index contributed by atoms with van der Waals surface area (Å²) in [6, 6.07) is 12.7. The third kappa shape index (κ3) is 3.07. The number of aryl methyl sites for hydroxylation is 1. The van der Waals surface area contributed by atoms with E-state index in [0.29, 0.717) is 5.15 Å². The number of nitrogens with zero attached hydrogens (tertiary/aromatic N) is 1. The van der Waals surface area contributed by atoms with Crippen molar-refractivity contribution in [2.75, 3.05) is 5.32 Å². The predicted molar refractivity (Wildman–Crippen MR) is 79.7 cm³/mol. The molecule has 1 aliphatic rings. The van der Waals surface area contributed by atoms with Crippen LogP contribution in [0.2, 0.25) is 5.15 Å². The van der Waals surface area contributed by atoms with Gasteiger partial charge in [0.15, 0.2) is 0 Å². The molecule has 1 N–H and O–H groups in total. The summed E-state index contributed by atoms with van der Waals surface area (Å²) in [7, 11) is 0. The van der Waals surface area contributed by atoms with Crippen molar-refractivity contribution >= 4 is 17.3 Å². The summed E-state index contributed by atoms with van der Waals surface area (Å²) >= 11 is 5.85. The molecule has 0 unspecified atom stereocenters. The molecule has 0 aliphatic heterocycles. The van der Waals surface area contributed by atoms with Gasteiger partial charge in [-0.25, -0.2) is 4.98 Å². The van der Waals surface area contributed by atoms with Crippen LogP contribution in [0, 0.1) is 6.92 Å². The van der Waals surface area contributed by atoms with Crippen LogP contribution < -0.4 is 5.32 Å². The molecule has 0 saturated heterocycles. The summed E-state index contributed by atoms with van der Waals surface area (Å²) in [6.45, 7) is 2.78. The zero-order valence-electron chi connectivity index (χ0n) is 11.0. The molecule has 0 atom stereocenters. The fraction of sp³-hybridized carbons (Fsp3) is 0.312. The molecule has 19 heavy (non-hydrogen) atoms. The summed E-state index contributed by atoms with van der Waals surface area (Å²) in [5, 5.41) is 3.94. The van der Waals surface area contributed by atoms with E-state index in [0.717, 1.165) is 23.8 Å². The Morgan fingerprint density at radius 1 is 1.16 bits per heavy atom. The van der Waals surface area contributed by atoms with Crippen molar-refractivity contribution in [2.45, 2.75) is 32.2 Å². The number of anilines is 1. The molecule has 1 aromatic heterocycles. The van der Waals surface area contributed by atoms with Crippen molar-refractivity contribution in [3.63, 3.8) is 0 Å². The van der Waals surface area contributed by atoms with Crippen LogP contribution in [0.1, 0.15) is 35.6 Å². The first kappa shape index (κ1) is 12.5. The second-order valence-electron chi connectivity index (χ2n) is 5.14. The Morgan fingerprint density at radius 2 is 1.89 bits per heavy atom. The zero-order chi connectivity index (χ0) is 13.2. The number of rotatable bonds is 4. The minimum absolute atomic E-state index is 0.539. The van der Waals surface area contributed by atoms with Crippen LogP contribution in [0.3, 0.4) is 0 Å². The minimum Gasteiger partial charge on any atom is -0.380 e. The maximum atomic E-state index is 5.85. The van der Waals surface area contributed by atoms with Gasteiger partial charge in [0.2, 0.25) is 0 Å². The molecule has 2 nitrogen and oxygen atoms in total. The van der Waals surface area contributed by atoms with Crippen LogP contribution in [-0.4, -0.2) is 4.98 Å². The standard InChI is InChI=1S/C16H17ClN2/c1-11-15(8-9-16(17)19-11)18-10-12-2-4-13(5-3-12)14-6-7-14/h2-5,8-9,14,18H,6-7,10H2,1H3. The van der Waals surface area contributed by atoms with Crippen LogP contribution >= 0.6 is 11.6 Å². The second-order valence-corrected chi connectivity index (χ2v) is 5.52. The Bertz CT molecular complexity index is 574. The summed E-state index contributed by atoms with van der Waals surface area (Å²) in [5.41, 5.74) is 4.74. The normalized spacial score (nSPS) is 14.4. The molecule has 3 heteroatoms. The van der Waals surface area contributed by atoms with E-state index in [2.05, 4.69) is 34.6 Å². The maximum Gasteiger partial charge on any atom is 0.129 e. The molecule has 1 heterocycles. The van der Waals surface area contributed by atoms with Crippen LogP contribution in [0.4, 0.5) is 5.69 Å². The number of benzene rings is 1. The quantitative estimate of drug-likeness (QED) is 0.827. The number of pyridine rings is 1. The fourth-order valence-corrected chi connectivity index (χ4v) is 2.43. The van der Waals surface area contributed by atoms with Gasteiger partial charge in [0.1, 0.15) is 5.15 Å². The largest absolute Gasteiger partial charge is 0.380 e. The van der Waals surface area contributed by atoms with E-state index in [4.69, 9.17) is 11.6 Å². The van der Waals surface area contributed by atoms with E-state index in [-0.39, 0.29) is 0 Å². The highest BCUT2D eigenvalue weighted by Crippen LogP contribution is 2.39. The monoisotopic (exact) mass is 272 g/mol. The average molecular weight is 273 g/mol. The highest BCUT2D eigenvalue weighted by Gasteiger charge is 2.22. The molecule has 0 amide bonds. The lowest BCUT2D eigenvalue weighted by atomic mass is 10.1. The van der Waals surface area contributed by atoms with Gasteiger partial charge in [0.05, 0.1) is 11.4 Å². The van der Waals surface area contributed by atoms with E-state index >= 15 is 0 Å². The van der Waals surface area contributed by atoms with Crippen molar-refractivity contribution in [1.82, 2.24) is 4.98 Å². The number of hydrogen-bond acceptors (Lipinski definition) is 2. The van der Waals surface area contributed by atoms with Gasteiger partial charge in [-0.2, -0.15) is 0 Å². The molecule has 1 saturated carbocycles. The van der Waals surface area contributed by atoms with Gasteiger partial charge >= 0.3 is 0 Å². The van der Waals surface area contributed by atoms with E-state index in [1.54, 1.807) is 0 Å². The molecule has 2 aromatic rings. The fourth-order valence-electron chi connectivity index (χ4n) is 2.24. The van der Waals surface area contributed by atoms with Crippen molar-refractivity contribution < 1.29 is 0 Å². The van der Waals surface area contributed by atoms with Crippen LogP contribution in [0.5, 0.6) is 0 Å². The molecule has 1 aromatic carbocycles. The molecule has 98 valence electrons. The van der Waals surface area contributed by atoms with Gasteiger partial charge in [-0.15, -0.1) is 0 Å². The number of nitrogens with one attached hydrogen (secondary N) is 1. The smallest absolute Gasteiger partial charge is 0.129 e. The predicted octanol–water partition coefficient (Wildman–Crippen LogP) is 4.53. The molecule has 0 radical (unpaired) electrons. The Morgan fingerprint density at radius 3 is 2.53 bits per heavy atom. The third-order valence-corrected chi connectivity index (χ3v) is 3.77. The highest BCUT2D eigenvalue weighted by molar-refractivity contribution is 6.29. The van der Waals surface area contributed by atoms with Crippen molar-refractivity contribution in [1.29, 1.82) is 0 Å². The van der Waals surface area contributed by atoms with Crippen molar-refractivity contribution in [3.05, 3.63) is 58.4 Å². The van der Waals surface area contributed by atoms with Crippen LogP contribution in [0.25, 0.3) is 0 Å². The van der Waals surface area contributed by atoms with Crippen molar-refractivity contribution in [3.8, 4) is 0 Å². The van der Waals surface area contributed by atoms with Crippen LogP contribution in [0.15, 0.2) is 36.4 Å². The lowest BCUT2D eigenvalue weighted by molar-refractivity contribution is 1.08. The first-order chi connectivity index (χ1) is 9.22. The number of hydrogen-bond donors (Lipinski definition) is 1. The topological polar surface area (TPSA) is 24.9 Å². The van der Waals surface area contributed by atoms with E-state index in [1.165, 1.54) is 24.0 Å². The van der Waals surface area contributed by atoms with Crippen molar-refractivity contribution in [2.24, 2.45) is 0 Å². The van der Waals surface area contributed by atoms with E-state index in [9.17, 15) is 0 Å². The van der Waals surface area contributed by atoms with E-state index < -0.39 is 0 Å². The molecule has 0 spiro atoms. The second kappa shape index (κ2) is 5.22. The third-order valence-electron chi connectivity index (χ3n) is 3.56. The molecule has 1 fully saturated rings. The molecule has 3 rings (SSSR count). The Labute approximate surface area is 118 Å². The lowest BCUT2D eigenvalue weighted by Crippen LogP contribution is -2.02. The number of halogens is 1. The summed E-state index contributed by atoms with van der Waals surface area (Å²) in [5.74, 6) is 0.824. The summed E-state index contributed by atoms with van der Waals surface area (Å²) < 4.78 is 0. The molecule has 1 aliphatic carbocycles. The van der Waals surface area contributed by atoms with Gasteiger partial charge in [-0.1, -0.05) is 35.9 Å². The summed E-state index contributed by atoms with van der Waals surface area (Å²) in [4.78, 5) is 4.23. The Balaban J connectivity index is 1.64. The van der Waals surface area contributed by atoms with Gasteiger partial charge in [-0.3, -0.25) is 0 Å². The first-order valence-corrected chi connectivity index (χ1v) is 7.06. The molecular formula is C16H17ClN2. The average Bonchev–Trinajstić information content (AvgIpc) is 3.23. The zero-order valence-corrected chi connectivity index (χ0v) is 11.7. The van der Waals surface area contributed by atoms with Gasteiger partial charge in [0, 0.05) is 6.54 Å². The molecule has 0 bridgehead atoms. The maximum absolute atomic E-state index is 5.85. The molecular weight excluding hydrogens is 256 g/mol. The first-order valence-electron chi connectivity index (χ1n) is 6.68. The van der Waals surface area contributed by atoms with Gasteiger partial charge in [-0.05, 0) is 48.9 Å².